The molecule has 1 saturated heterocycles. The van der Waals surface area contributed by atoms with E-state index in [0.717, 1.165) is 44.7 Å². The van der Waals surface area contributed by atoms with E-state index < -0.39 is 0 Å². The summed E-state index contributed by atoms with van der Waals surface area (Å²) in [4.78, 5) is 4.91. The van der Waals surface area contributed by atoms with Gasteiger partial charge in [-0.05, 0) is 46.5 Å². The summed E-state index contributed by atoms with van der Waals surface area (Å²) >= 11 is 1.73. The Morgan fingerprint density at radius 1 is 1.20 bits per heavy atom. The van der Waals surface area contributed by atoms with Crippen molar-refractivity contribution in [2.24, 2.45) is 0 Å². The normalized spacial score (nSPS) is 19.7. The second-order valence-corrected chi connectivity index (χ2v) is 7.26. The van der Waals surface area contributed by atoms with Crippen molar-refractivity contribution < 1.29 is 9.50 Å². The van der Waals surface area contributed by atoms with E-state index in [1.807, 2.05) is 6.08 Å². The highest BCUT2D eigenvalue weighted by Crippen LogP contribution is 2.18. The van der Waals surface area contributed by atoms with E-state index in [-0.39, 0.29) is 12.4 Å². The van der Waals surface area contributed by atoms with Gasteiger partial charge in [0, 0.05) is 45.4 Å². The van der Waals surface area contributed by atoms with E-state index in [9.17, 15) is 9.50 Å². The molecule has 1 aliphatic heterocycles. The molecule has 1 atom stereocenters. The molecular weight excluding hydrogens is 335 g/mol. The predicted molar refractivity (Wildman–Crippen MR) is 102 cm³/mol. The van der Waals surface area contributed by atoms with Crippen LogP contribution in [0.5, 0.6) is 0 Å². The Kier molecular flexibility index (Phi) is 6.76. The fourth-order valence-corrected chi connectivity index (χ4v) is 3.94. The molecule has 1 fully saturated rings. The van der Waals surface area contributed by atoms with Crippen LogP contribution in [0.2, 0.25) is 0 Å². The molecule has 0 saturated carbocycles. The predicted octanol–water partition coefficient (Wildman–Crippen LogP) is 3.47. The van der Waals surface area contributed by atoms with Crippen LogP contribution in [0, 0.1) is 5.82 Å². The van der Waals surface area contributed by atoms with Crippen molar-refractivity contribution >= 4 is 17.4 Å². The molecule has 3 nitrogen and oxygen atoms in total. The van der Waals surface area contributed by atoms with Crippen LogP contribution in [0.15, 0.2) is 47.2 Å². The van der Waals surface area contributed by atoms with E-state index in [2.05, 4.69) is 32.7 Å². The van der Waals surface area contributed by atoms with Crippen LogP contribution in [0.1, 0.15) is 17.5 Å². The Morgan fingerprint density at radius 3 is 2.76 bits per heavy atom. The van der Waals surface area contributed by atoms with Gasteiger partial charge in [0.25, 0.3) is 0 Å². The minimum absolute atomic E-state index is 0.203. The van der Waals surface area contributed by atoms with Crippen molar-refractivity contribution in [3.63, 3.8) is 0 Å². The number of benzene rings is 1. The lowest BCUT2D eigenvalue weighted by Crippen LogP contribution is -2.52. The van der Waals surface area contributed by atoms with Crippen molar-refractivity contribution in [3.05, 3.63) is 64.1 Å². The molecule has 0 radical (unpaired) electrons. The summed E-state index contributed by atoms with van der Waals surface area (Å²) in [5, 5.41) is 13.7. The Morgan fingerprint density at radius 2 is 2.04 bits per heavy atom. The maximum atomic E-state index is 12.9. The van der Waals surface area contributed by atoms with E-state index in [1.54, 1.807) is 23.5 Å². The van der Waals surface area contributed by atoms with Crippen LogP contribution in [-0.4, -0.2) is 53.7 Å². The number of hydrogen-bond donors (Lipinski definition) is 1. The highest BCUT2D eigenvalue weighted by Gasteiger charge is 2.26. The number of hydrogen-bond acceptors (Lipinski definition) is 4. The number of aliphatic hydroxyl groups excluding tert-OH is 1. The summed E-state index contributed by atoms with van der Waals surface area (Å²) in [6.45, 7) is 5.09. The molecule has 0 bridgehead atoms. The topological polar surface area (TPSA) is 26.7 Å². The van der Waals surface area contributed by atoms with Gasteiger partial charge in [-0.15, -0.1) is 0 Å². The van der Waals surface area contributed by atoms with Crippen molar-refractivity contribution in [3.8, 4) is 0 Å². The minimum Gasteiger partial charge on any atom is -0.396 e. The highest BCUT2D eigenvalue weighted by molar-refractivity contribution is 7.07. The Bertz CT molecular complexity index is 657. The van der Waals surface area contributed by atoms with Gasteiger partial charge in [-0.1, -0.05) is 24.3 Å². The Labute approximate surface area is 153 Å². The van der Waals surface area contributed by atoms with E-state index in [4.69, 9.17) is 0 Å². The highest BCUT2D eigenvalue weighted by atomic mass is 32.1. The molecule has 2 heterocycles. The van der Waals surface area contributed by atoms with Gasteiger partial charge in [-0.2, -0.15) is 11.3 Å². The van der Waals surface area contributed by atoms with Crippen molar-refractivity contribution in [1.82, 2.24) is 9.80 Å². The first-order chi connectivity index (χ1) is 12.2. The summed E-state index contributed by atoms with van der Waals surface area (Å²) in [7, 11) is 0. The molecule has 1 N–H and O–H groups in total. The summed E-state index contributed by atoms with van der Waals surface area (Å²) in [6, 6.07) is 9.12. The maximum absolute atomic E-state index is 12.9. The second kappa shape index (κ2) is 9.25. The van der Waals surface area contributed by atoms with Gasteiger partial charge in [0.15, 0.2) is 0 Å². The quantitative estimate of drug-likeness (QED) is 0.819. The number of halogens is 1. The minimum atomic E-state index is -0.203. The summed E-state index contributed by atoms with van der Waals surface area (Å²) in [5.74, 6) is -0.203. The standard InChI is InChI=1S/C20H25FN2OS/c21-19-5-3-17(4-6-19)2-1-9-22-10-11-23(20(15-22)7-12-24)14-18-8-13-25-16-18/h1-6,8,13,16,20,24H,7,9-12,14-15H2/b2-1+/t20-/m1/s1. The van der Waals surface area contributed by atoms with Crippen LogP contribution in [0.3, 0.4) is 0 Å². The van der Waals surface area contributed by atoms with Gasteiger partial charge in [-0.25, -0.2) is 4.39 Å². The van der Waals surface area contributed by atoms with E-state index >= 15 is 0 Å². The molecule has 0 amide bonds. The first-order valence-corrected chi connectivity index (χ1v) is 9.69. The molecule has 3 rings (SSSR count). The van der Waals surface area contributed by atoms with Crippen LogP contribution < -0.4 is 0 Å². The average molecular weight is 360 g/mol. The third kappa shape index (κ3) is 5.47. The number of aliphatic hydroxyl groups is 1. The van der Waals surface area contributed by atoms with Gasteiger partial charge in [0.2, 0.25) is 0 Å². The second-order valence-electron chi connectivity index (χ2n) is 6.48. The van der Waals surface area contributed by atoms with Crippen molar-refractivity contribution in [2.75, 3.05) is 32.8 Å². The smallest absolute Gasteiger partial charge is 0.123 e. The molecule has 134 valence electrons. The Hall–Kier alpha value is -1.53. The number of piperazine rings is 1. The van der Waals surface area contributed by atoms with Gasteiger partial charge in [-0.3, -0.25) is 9.80 Å². The molecule has 1 aliphatic rings. The SMILES string of the molecule is OCC[C@@H]1CN(C/C=C/c2ccc(F)cc2)CCN1Cc1ccsc1. The van der Waals surface area contributed by atoms with Crippen LogP contribution >= 0.6 is 11.3 Å². The zero-order valence-corrected chi connectivity index (χ0v) is 15.2. The lowest BCUT2D eigenvalue weighted by molar-refractivity contribution is 0.0598. The largest absolute Gasteiger partial charge is 0.396 e. The van der Waals surface area contributed by atoms with Crippen molar-refractivity contribution in [2.45, 2.75) is 19.0 Å². The maximum Gasteiger partial charge on any atom is 0.123 e. The molecular formula is C20H25FN2OS. The van der Waals surface area contributed by atoms with Crippen LogP contribution in [-0.2, 0) is 6.54 Å². The molecule has 0 aliphatic carbocycles. The average Bonchev–Trinajstić information content (AvgIpc) is 3.12. The summed E-state index contributed by atoms with van der Waals surface area (Å²) in [5.41, 5.74) is 2.38. The molecule has 25 heavy (non-hydrogen) atoms. The zero-order valence-electron chi connectivity index (χ0n) is 14.4. The third-order valence-corrected chi connectivity index (χ3v) is 5.39. The number of nitrogens with zero attached hydrogens (tertiary/aromatic N) is 2. The molecule has 1 aromatic carbocycles. The van der Waals surface area contributed by atoms with Crippen LogP contribution in [0.25, 0.3) is 6.08 Å². The lowest BCUT2D eigenvalue weighted by atomic mass is 10.1. The van der Waals surface area contributed by atoms with Gasteiger partial charge >= 0.3 is 0 Å². The number of thiophene rings is 1. The summed E-state index contributed by atoms with van der Waals surface area (Å²) in [6.07, 6.45) is 4.98. The first-order valence-electron chi connectivity index (χ1n) is 8.75. The van der Waals surface area contributed by atoms with E-state index in [0.29, 0.717) is 6.04 Å². The van der Waals surface area contributed by atoms with Gasteiger partial charge < -0.3 is 5.11 Å². The monoisotopic (exact) mass is 360 g/mol. The molecule has 1 aromatic heterocycles. The third-order valence-electron chi connectivity index (χ3n) is 4.66. The first kappa shape index (κ1) is 18.3. The number of rotatable bonds is 7. The van der Waals surface area contributed by atoms with Crippen molar-refractivity contribution in [1.29, 1.82) is 0 Å². The van der Waals surface area contributed by atoms with Gasteiger partial charge in [0.05, 0.1) is 0 Å². The van der Waals surface area contributed by atoms with E-state index in [1.165, 1.54) is 17.7 Å². The Balaban J connectivity index is 1.53. The van der Waals surface area contributed by atoms with Gasteiger partial charge in [0.1, 0.15) is 5.82 Å². The molecule has 0 unspecified atom stereocenters. The fraction of sp³-hybridized carbons (Fsp3) is 0.400. The van der Waals surface area contributed by atoms with Crippen LogP contribution in [0.4, 0.5) is 4.39 Å². The lowest BCUT2D eigenvalue weighted by Gasteiger charge is -2.41. The fourth-order valence-electron chi connectivity index (χ4n) is 3.28. The molecule has 0 spiro atoms. The zero-order chi connectivity index (χ0) is 17.5. The molecule has 2 aromatic rings. The molecule has 5 heteroatoms. The summed E-state index contributed by atoms with van der Waals surface area (Å²) < 4.78 is 12.9.